The molecule has 1 saturated heterocycles. The van der Waals surface area contributed by atoms with E-state index in [1.54, 1.807) is 7.11 Å². The highest BCUT2D eigenvalue weighted by molar-refractivity contribution is 6.01. The summed E-state index contributed by atoms with van der Waals surface area (Å²) in [6.45, 7) is 4.22. The first-order valence-corrected chi connectivity index (χ1v) is 6.54. The molecule has 2 rings (SSSR count). The second-order valence-electron chi connectivity index (χ2n) is 5.16. The lowest BCUT2D eigenvalue weighted by molar-refractivity contribution is -0.134. The molecule has 1 atom stereocenters. The summed E-state index contributed by atoms with van der Waals surface area (Å²) in [5.41, 5.74) is 2.03. The van der Waals surface area contributed by atoms with Crippen LogP contribution in [0.15, 0.2) is 18.2 Å². The summed E-state index contributed by atoms with van der Waals surface area (Å²) in [5.74, 6) is 0.408. The van der Waals surface area contributed by atoms with Crippen LogP contribution >= 0.6 is 0 Å². The summed E-state index contributed by atoms with van der Waals surface area (Å²) in [6, 6.07) is 5.93. The largest absolute Gasteiger partial charge is 0.496 e. The van der Waals surface area contributed by atoms with Crippen LogP contribution < -0.4 is 10.1 Å². The highest BCUT2D eigenvalue weighted by atomic mass is 16.5. The normalized spacial score (nSPS) is 19.5. The first-order chi connectivity index (χ1) is 9.02. The number of carbonyl (C=O) groups excluding carboxylic acids is 2. The van der Waals surface area contributed by atoms with E-state index >= 15 is 0 Å². The molecule has 1 heterocycles. The van der Waals surface area contributed by atoms with Gasteiger partial charge in [0.15, 0.2) is 0 Å². The molecule has 0 radical (unpaired) electrons. The Morgan fingerprint density at radius 2 is 2.05 bits per heavy atom. The SMILES string of the molecule is COc1cc(C(C)C)ccc1[C@@H]1CCC(=O)NC1=O. The number of piperidine rings is 1. The number of imide groups is 1. The predicted octanol–water partition coefficient (Wildman–Crippen LogP) is 2.34. The lowest BCUT2D eigenvalue weighted by Gasteiger charge is -2.23. The van der Waals surface area contributed by atoms with Crippen LogP contribution in [-0.4, -0.2) is 18.9 Å². The number of hydrogen-bond donors (Lipinski definition) is 1. The number of benzene rings is 1. The van der Waals surface area contributed by atoms with E-state index in [0.29, 0.717) is 18.8 Å². The minimum Gasteiger partial charge on any atom is -0.496 e. The number of amides is 2. The Bertz CT molecular complexity index is 508. The van der Waals surface area contributed by atoms with Crippen molar-refractivity contribution in [2.24, 2.45) is 0 Å². The Kier molecular flexibility index (Phi) is 3.88. The van der Waals surface area contributed by atoms with Gasteiger partial charge in [-0.15, -0.1) is 0 Å². The Morgan fingerprint density at radius 1 is 1.32 bits per heavy atom. The summed E-state index contributed by atoms with van der Waals surface area (Å²) in [4.78, 5) is 23.1. The first-order valence-electron chi connectivity index (χ1n) is 6.54. The molecule has 0 unspecified atom stereocenters. The van der Waals surface area contributed by atoms with Crippen molar-refractivity contribution in [2.45, 2.75) is 38.5 Å². The minimum atomic E-state index is -0.297. The third-order valence-electron chi connectivity index (χ3n) is 3.54. The van der Waals surface area contributed by atoms with E-state index in [-0.39, 0.29) is 17.7 Å². The fourth-order valence-electron chi connectivity index (χ4n) is 2.37. The fraction of sp³-hybridized carbons (Fsp3) is 0.467. The van der Waals surface area contributed by atoms with Gasteiger partial charge in [-0.1, -0.05) is 26.0 Å². The Balaban J connectivity index is 2.34. The molecule has 19 heavy (non-hydrogen) atoms. The first kappa shape index (κ1) is 13.6. The molecule has 0 spiro atoms. The van der Waals surface area contributed by atoms with Crippen LogP contribution in [0.5, 0.6) is 5.75 Å². The van der Waals surface area contributed by atoms with Crippen molar-refractivity contribution in [3.05, 3.63) is 29.3 Å². The molecule has 102 valence electrons. The van der Waals surface area contributed by atoms with Crippen molar-refractivity contribution >= 4 is 11.8 Å². The fourth-order valence-corrected chi connectivity index (χ4v) is 2.37. The molecule has 1 aromatic carbocycles. The van der Waals surface area contributed by atoms with Gasteiger partial charge in [-0.05, 0) is 24.0 Å². The summed E-state index contributed by atoms with van der Waals surface area (Å²) >= 11 is 0. The number of rotatable bonds is 3. The number of hydrogen-bond acceptors (Lipinski definition) is 3. The zero-order valence-corrected chi connectivity index (χ0v) is 11.5. The summed E-state index contributed by atoms with van der Waals surface area (Å²) in [7, 11) is 1.61. The molecule has 1 fully saturated rings. The molecule has 4 nitrogen and oxygen atoms in total. The van der Waals surface area contributed by atoms with Gasteiger partial charge in [0, 0.05) is 12.0 Å². The predicted molar refractivity (Wildman–Crippen MR) is 72.2 cm³/mol. The average molecular weight is 261 g/mol. The Labute approximate surface area is 113 Å². The maximum atomic E-state index is 11.9. The maximum absolute atomic E-state index is 11.9. The van der Waals surface area contributed by atoms with Crippen molar-refractivity contribution < 1.29 is 14.3 Å². The van der Waals surface area contributed by atoms with Crippen LogP contribution in [0.2, 0.25) is 0 Å². The molecule has 0 saturated carbocycles. The molecule has 4 heteroatoms. The minimum absolute atomic E-state index is 0.195. The maximum Gasteiger partial charge on any atom is 0.234 e. The van der Waals surface area contributed by atoms with Crippen LogP contribution in [0.1, 0.15) is 49.7 Å². The van der Waals surface area contributed by atoms with E-state index < -0.39 is 0 Å². The van der Waals surface area contributed by atoms with Gasteiger partial charge in [0.2, 0.25) is 11.8 Å². The topological polar surface area (TPSA) is 55.4 Å². The van der Waals surface area contributed by atoms with E-state index in [1.165, 1.54) is 5.56 Å². The van der Waals surface area contributed by atoms with E-state index in [1.807, 2.05) is 18.2 Å². The van der Waals surface area contributed by atoms with E-state index in [9.17, 15) is 9.59 Å². The molecule has 0 aliphatic carbocycles. The molecule has 0 aromatic heterocycles. The van der Waals surface area contributed by atoms with Gasteiger partial charge in [-0.25, -0.2) is 0 Å². The molecule has 1 N–H and O–H groups in total. The van der Waals surface area contributed by atoms with Crippen LogP contribution in [-0.2, 0) is 9.59 Å². The molecular weight excluding hydrogens is 242 g/mol. The number of ether oxygens (including phenoxy) is 1. The highest BCUT2D eigenvalue weighted by Crippen LogP contribution is 2.34. The number of carbonyl (C=O) groups is 2. The van der Waals surface area contributed by atoms with Crippen LogP contribution in [0, 0.1) is 0 Å². The summed E-state index contributed by atoms with van der Waals surface area (Å²) in [5, 5.41) is 2.38. The zero-order valence-electron chi connectivity index (χ0n) is 11.5. The van der Waals surface area contributed by atoms with E-state index in [2.05, 4.69) is 19.2 Å². The van der Waals surface area contributed by atoms with E-state index in [0.717, 1.165) is 11.3 Å². The van der Waals surface area contributed by atoms with Gasteiger partial charge in [0.05, 0.1) is 13.0 Å². The zero-order chi connectivity index (χ0) is 14.0. The monoisotopic (exact) mass is 261 g/mol. The van der Waals surface area contributed by atoms with Gasteiger partial charge in [-0.2, -0.15) is 0 Å². The van der Waals surface area contributed by atoms with Crippen LogP contribution in [0.3, 0.4) is 0 Å². The molecule has 1 aliphatic heterocycles. The van der Waals surface area contributed by atoms with Crippen molar-refractivity contribution in [1.29, 1.82) is 0 Å². The second kappa shape index (κ2) is 5.43. The molecule has 2 amide bonds. The molecule has 0 bridgehead atoms. The lowest BCUT2D eigenvalue weighted by atomic mass is 9.88. The average Bonchev–Trinajstić information content (AvgIpc) is 2.38. The number of methoxy groups -OCH3 is 1. The number of nitrogens with one attached hydrogen (secondary N) is 1. The lowest BCUT2D eigenvalue weighted by Crippen LogP contribution is -2.39. The van der Waals surface area contributed by atoms with E-state index in [4.69, 9.17) is 4.74 Å². The Morgan fingerprint density at radius 3 is 2.63 bits per heavy atom. The Hall–Kier alpha value is -1.84. The molecule has 1 aromatic rings. The van der Waals surface area contributed by atoms with Gasteiger partial charge >= 0.3 is 0 Å². The summed E-state index contributed by atoms with van der Waals surface area (Å²) in [6.07, 6.45) is 0.924. The summed E-state index contributed by atoms with van der Waals surface area (Å²) < 4.78 is 5.40. The van der Waals surface area contributed by atoms with Gasteiger partial charge in [-0.3, -0.25) is 14.9 Å². The van der Waals surface area contributed by atoms with Crippen molar-refractivity contribution in [3.8, 4) is 5.75 Å². The third-order valence-corrected chi connectivity index (χ3v) is 3.54. The third kappa shape index (κ3) is 2.78. The van der Waals surface area contributed by atoms with Gasteiger partial charge in [0.25, 0.3) is 0 Å². The standard InChI is InChI=1S/C15H19NO3/c1-9(2)10-4-5-11(13(8-10)19-3)12-6-7-14(17)16-15(12)18/h4-5,8-9,12H,6-7H2,1-3H3,(H,16,17,18)/t12-/m0/s1. The highest BCUT2D eigenvalue weighted by Gasteiger charge is 2.30. The van der Waals surface area contributed by atoms with Gasteiger partial charge in [0.1, 0.15) is 5.75 Å². The quantitative estimate of drug-likeness (QED) is 0.850. The second-order valence-corrected chi connectivity index (χ2v) is 5.16. The smallest absolute Gasteiger partial charge is 0.234 e. The van der Waals surface area contributed by atoms with Crippen LogP contribution in [0.4, 0.5) is 0 Å². The molecule has 1 aliphatic rings. The van der Waals surface area contributed by atoms with Crippen molar-refractivity contribution in [3.63, 3.8) is 0 Å². The van der Waals surface area contributed by atoms with Gasteiger partial charge < -0.3 is 4.74 Å². The van der Waals surface area contributed by atoms with Crippen molar-refractivity contribution in [2.75, 3.05) is 7.11 Å². The van der Waals surface area contributed by atoms with Crippen molar-refractivity contribution in [1.82, 2.24) is 5.32 Å². The molecular formula is C15H19NO3. The van der Waals surface area contributed by atoms with Crippen LogP contribution in [0.25, 0.3) is 0 Å².